The first-order valence-electron chi connectivity index (χ1n) is 8.12. The van der Waals surface area contributed by atoms with Crippen molar-refractivity contribution in [3.63, 3.8) is 0 Å². The van der Waals surface area contributed by atoms with Gasteiger partial charge >= 0.3 is 12.6 Å². The highest BCUT2D eigenvalue weighted by atomic mass is 19.3. The summed E-state index contributed by atoms with van der Waals surface area (Å²) in [6, 6.07) is 9.87. The quantitative estimate of drug-likeness (QED) is 0.689. The van der Waals surface area contributed by atoms with Crippen molar-refractivity contribution in [3.05, 3.63) is 48.0 Å². The standard InChI is InChI=1S/C19H19F2NO6/c1-11(17(23)22-13-8-15(25-2)10-16(9-13)26-3)27-18(24)12-5-4-6-14(7-12)28-19(20)21/h4-11,19H,1-3H3,(H,22,23). The maximum atomic E-state index is 12.3. The molecule has 1 unspecified atom stereocenters. The second-order valence-corrected chi connectivity index (χ2v) is 5.54. The third-order valence-electron chi connectivity index (χ3n) is 3.57. The van der Waals surface area contributed by atoms with Crippen LogP contribution >= 0.6 is 0 Å². The van der Waals surface area contributed by atoms with E-state index >= 15 is 0 Å². The van der Waals surface area contributed by atoms with Crippen LogP contribution in [0.5, 0.6) is 17.2 Å². The van der Waals surface area contributed by atoms with Crippen LogP contribution in [0.4, 0.5) is 14.5 Å². The van der Waals surface area contributed by atoms with Gasteiger partial charge in [0.1, 0.15) is 17.2 Å². The van der Waals surface area contributed by atoms with Crippen molar-refractivity contribution in [1.29, 1.82) is 0 Å². The Labute approximate surface area is 160 Å². The van der Waals surface area contributed by atoms with Gasteiger partial charge < -0.3 is 24.3 Å². The monoisotopic (exact) mass is 395 g/mol. The number of anilines is 1. The molecule has 2 aromatic carbocycles. The molecular weight excluding hydrogens is 376 g/mol. The second-order valence-electron chi connectivity index (χ2n) is 5.54. The number of carbonyl (C=O) groups excluding carboxylic acids is 2. The predicted molar refractivity (Wildman–Crippen MR) is 96.1 cm³/mol. The molecule has 0 aliphatic carbocycles. The molecule has 150 valence electrons. The summed E-state index contributed by atoms with van der Waals surface area (Å²) in [6.45, 7) is -1.64. The molecule has 9 heteroatoms. The van der Waals surface area contributed by atoms with Crippen molar-refractivity contribution in [3.8, 4) is 17.2 Å². The van der Waals surface area contributed by atoms with Crippen molar-refractivity contribution in [1.82, 2.24) is 0 Å². The Morgan fingerprint density at radius 2 is 1.61 bits per heavy atom. The number of esters is 1. The zero-order valence-corrected chi connectivity index (χ0v) is 15.4. The molecule has 0 aliphatic rings. The molecular formula is C19H19F2NO6. The van der Waals surface area contributed by atoms with Gasteiger partial charge in [-0.3, -0.25) is 4.79 Å². The Bertz CT molecular complexity index is 821. The number of amides is 1. The van der Waals surface area contributed by atoms with Crippen LogP contribution in [0.2, 0.25) is 0 Å². The fraction of sp³-hybridized carbons (Fsp3) is 0.263. The minimum absolute atomic E-state index is 0.0270. The van der Waals surface area contributed by atoms with Crippen molar-refractivity contribution < 1.29 is 37.3 Å². The van der Waals surface area contributed by atoms with Crippen LogP contribution in [0.3, 0.4) is 0 Å². The molecule has 0 aliphatic heterocycles. The lowest BCUT2D eigenvalue weighted by Gasteiger charge is -2.15. The summed E-state index contributed by atoms with van der Waals surface area (Å²) >= 11 is 0. The number of nitrogens with one attached hydrogen (secondary N) is 1. The smallest absolute Gasteiger partial charge is 0.387 e. The van der Waals surface area contributed by atoms with Crippen LogP contribution < -0.4 is 19.5 Å². The van der Waals surface area contributed by atoms with Crippen LogP contribution in [0.15, 0.2) is 42.5 Å². The third kappa shape index (κ3) is 5.83. The van der Waals surface area contributed by atoms with Gasteiger partial charge in [-0.25, -0.2) is 4.79 Å². The fourth-order valence-corrected chi connectivity index (χ4v) is 2.20. The fourth-order valence-electron chi connectivity index (χ4n) is 2.20. The molecule has 0 heterocycles. The van der Waals surface area contributed by atoms with Gasteiger partial charge in [0.25, 0.3) is 5.91 Å². The molecule has 0 saturated carbocycles. The van der Waals surface area contributed by atoms with Crippen LogP contribution in [0.1, 0.15) is 17.3 Å². The normalized spacial score (nSPS) is 11.5. The summed E-state index contributed by atoms with van der Waals surface area (Å²) in [5.41, 5.74) is 0.359. The predicted octanol–water partition coefficient (Wildman–Crippen LogP) is 3.49. The summed E-state index contributed by atoms with van der Waals surface area (Å²) in [7, 11) is 2.94. The molecule has 1 amide bonds. The van der Waals surface area contributed by atoms with Gasteiger partial charge in [0.2, 0.25) is 0 Å². The summed E-state index contributed by atoms with van der Waals surface area (Å²) in [5, 5.41) is 2.59. The summed E-state index contributed by atoms with van der Waals surface area (Å²) < 4.78 is 44.1. The molecule has 1 atom stereocenters. The molecule has 0 aromatic heterocycles. The Morgan fingerprint density at radius 3 is 2.18 bits per heavy atom. The van der Waals surface area contributed by atoms with Crippen molar-refractivity contribution in [2.75, 3.05) is 19.5 Å². The molecule has 0 spiro atoms. The van der Waals surface area contributed by atoms with E-state index in [1.165, 1.54) is 39.3 Å². The van der Waals surface area contributed by atoms with Crippen LogP contribution in [0, 0.1) is 0 Å². The van der Waals surface area contributed by atoms with Gasteiger partial charge in [0.05, 0.1) is 19.8 Å². The molecule has 2 rings (SSSR count). The number of carbonyl (C=O) groups is 2. The van der Waals surface area contributed by atoms with E-state index in [1.54, 1.807) is 18.2 Å². The van der Waals surface area contributed by atoms with Crippen molar-refractivity contribution in [2.24, 2.45) is 0 Å². The molecule has 0 saturated heterocycles. The molecule has 2 aromatic rings. The minimum atomic E-state index is -3.02. The van der Waals surface area contributed by atoms with E-state index in [0.29, 0.717) is 17.2 Å². The Kier molecular flexibility index (Phi) is 7.14. The van der Waals surface area contributed by atoms with Gasteiger partial charge in [-0.1, -0.05) is 6.07 Å². The molecule has 1 N–H and O–H groups in total. The van der Waals surface area contributed by atoms with E-state index < -0.39 is 24.6 Å². The number of hydrogen-bond acceptors (Lipinski definition) is 6. The maximum Gasteiger partial charge on any atom is 0.387 e. The van der Waals surface area contributed by atoms with Gasteiger partial charge in [-0.15, -0.1) is 0 Å². The van der Waals surface area contributed by atoms with E-state index in [1.807, 2.05) is 0 Å². The van der Waals surface area contributed by atoms with Crippen molar-refractivity contribution in [2.45, 2.75) is 19.6 Å². The van der Waals surface area contributed by atoms with E-state index in [-0.39, 0.29) is 11.3 Å². The first-order chi connectivity index (χ1) is 13.3. The number of ether oxygens (including phenoxy) is 4. The van der Waals surface area contributed by atoms with Crippen molar-refractivity contribution >= 4 is 17.6 Å². The maximum absolute atomic E-state index is 12.3. The average Bonchev–Trinajstić information content (AvgIpc) is 2.67. The Morgan fingerprint density at radius 1 is 0.964 bits per heavy atom. The molecule has 0 bridgehead atoms. The lowest BCUT2D eigenvalue weighted by atomic mass is 10.2. The highest BCUT2D eigenvalue weighted by Crippen LogP contribution is 2.26. The summed E-state index contributed by atoms with van der Waals surface area (Å²) in [5.74, 6) is -0.704. The molecule has 28 heavy (non-hydrogen) atoms. The number of alkyl halides is 2. The Hall–Kier alpha value is -3.36. The zero-order chi connectivity index (χ0) is 20.7. The number of hydrogen-bond donors (Lipinski definition) is 1. The summed E-state index contributed by atoms with van der Waals surface area (Å²) in [6.07, 6.45) is -1.15. The van der Waals surface area contributed by atoms with E-state index in [0.717, 1.165) is 6.07 Å². The SMILES string of the molecule is COc1cc(NC(=O)C(C)OC(=O)c2cccc(OC(F)F)c2)cc(OC)c1. The summed E-state index contributed by atoms with van der Waals surface area (Å²) in [4.78, 5) is 24.5. The first kappa shape index (κ1) is 20.9. The lowest BCUT2D eigenvalue weighted by Crippen LogP contribution is -2.30. The van der Waals surface area contributed by atoms with Crippen LogP contribution in [0.25, 0.3) is 0 Å². The zero-order valence-electron chi connectivity index (χ0n) is 15.4. The lowest BCUT2D eigenvalue weighted by molar-refractivity contribution is -0.123. The number of methoxy groups -OCH3 is 2. The van der Waals surface area contributed by atoms with Gasteiger partial charge in [-0.2, -0.15) is 8.78 Å². The number of benzene rings is 2. The average molecular weight is 395 g/mol. The largest absolute Gasteiger partial charge is 0.497 e. The number of rotatable bonds is 8. The highest BCUT2D eigenvalue weighted by Gasteiger charge is 2.20. The first-order valence-corrected chi connectivity index (χ1v) is 8.12. The van der Waals surface area contributed by atoms with E-state index in [9.17, 15) is 18.4 Å². The van der Waals surface area contributed by atoms with Gasteiger partial charge in [0.15, 0.2) is 6.10 Å². The highest BCUT2D eigenvalue weighted by molar-refractivity contribution is 5.97. The van der Waals surface area contributed by atoms with Crippen LogP contribution in [-0.2, 0) is 9.53 Å². The minimum Gasteiger partial charge on any atom is -0.497 e. The topological polar surface area (TPSA) is 83.1 Å². The second kappa shape index (κ2) is 9.54. The van der Waals surface area contributed by atoms with Gasteiger partial charge in [0, 0.05) is 23.9 Å². The molecule has 7 nitrogen and oxygen atoms in total. The molecule has 0 fully saturated rings. The Balaban J connectivity index is 2.03. The third-order valence-corrected chi connectivity index (χ3v) is 3.57. The molecule has 0 radical (unpaired) electrons. The van der Waals surface area contributed by atoms with Crippen LogP contribution in [-0.4, -0.2) is 38.8 Å². The van der Waals surface area contributed by atoms with E-state index in [4.69, 9.17) is 14.2 Å². The van der Waals surface area contributed by atoms with Gasteiger partial charge in [-0.05, 0) is 25.1 Å². The van der Waals surface area contributed by atoms with E-state index in [2.05, 4.69) is 10.1 Å². The number of halogens is 2.